The van der Waals surface area contributed by atoms with Gasteiger partial charge in [-0.1, -0.05) is 93.9 Å². The molecule has 2 fully saturated rings. The van der Waals surface area contributed by atoms with Gasteiger partial charge in [-0.15, -0.1) is 11.3 Å². The second kappa shape index (κ2) is 27.4. The van der Waals surface area contributed by atoms with Crippen LogP contribution in [0.25, 0.3) is 21.3 Å². The number of ether oxygens (including phenoxy) is 3. The summed E-state index contributed by atoms with van der Waals surface area (Å²) in [5.74, 6) is 0.685. The number of anilines is 2. The highest BCUT2D eigenvalue weighted by atomic mass is 35.5. The van der Waals surface area contributed by atoms with Gasteiger partial charge in [0.25, 0.3) is 0 Å². The lowest BCUT2D eigenvalue weighted by Crippen LogP contribution is -2.57. The van der Waals surface area contributed by atoms with Crippen molar-refractivity contribution in [2.45, 2.75) is 117 Å². The van der Waals surface area contributed by atoms with Crippen LogP contribution in [-0.4, -0.2) is 132 Å². The Morgan fingerprint density at radius 3 is 2.25 bits per heavy atom. The third-order valence-corrected chi connectivity index (χ3v) is 15.7. The van der Waals surface area contributed by atoms with Crippen LogP contribution in [-0.2, 0) is 25.7 Å². The van der Waals surface area contributed by atoms with Gasteiger partial charge in [0, 0.05) is 88.8 Å². The first-order chi connectivity index (χ1) is 37.0. The van der Waals surface area contributed by atoms with E-state index in [-0.39, 0.29) is 49.6 Å². The number of hydrogen-bond donors (Lipinski definition) is 4. The minimum Gasteiger partial charge on any atom is -0.495 e. The molecule has 0 aliphatic carbocycles. The maximum absolute atomic E-state index is 14.1. The molecule has 17 nitrogen and oxygen atoms in total. The Kier molecular flexibility index (Phi) is 20.8. The molecule has 5 aromatic rings. The van der Waals surface area contributed by atoms with Gasteiger partial charge >= 0.3 is 0 Å². The molecule has 2 aliphatic heterocycles. The molecular formula is C57H71Cl2N9O8S. The van der Waals surface area contributed by atoms with E-state index in [0.717, 1.165) is 79.9 Å². The van der Waals surface area contributed by atoms with E-state index < -0.39 is 23.6 Å². The van der Waals surface area contributed by atoms with Crippen molar-refractivity contribution >= 4 is 80.4 Å². The number of amides is 4. The summed E-state index contributed by atoms with van der Waals surface area (Å²) in [7, 11) is 3.07. The van der Waals surface area contributed by atoms with Crippen LogP contribution in [0.15, 0.2) is 60.2 Å². The number of hydrogen-bond acceptors (Lipinski definition) is 14. The Labute approximate surface area is 465 Å². The van der Waals surface area contributed by atoms with Gasteiger partial charge in [0.05, 0.1) is 75.5 Å². The number of aliphatic hydroxyl groups is 1. The highest BCUT2D eigenvalue weighted by Gasteiger charge is 2.44. The summed E-state index contributed by atoms with van der Waals surface area (Å²) in [6, 6.07) is 15.2. The number of likely N-dealkylation sites (tertiary alicyclic amines) is 1. The van der Waals surface area contributed by atoms with Gasteiger partial charge < -0.3 is 45.1 Å². The Morgan fingerprint density at radius 2 is 1.58 bits per heavy atom. The van der Waals surface area contributed by atoms with Crippen molar-refractivity contribution < 1.29 is 38.5 Å². The number of carbonyl (C=O) groups is 4. The van der Waals surface area contributed by atoms with E-state index in [9.17, 15) is 29.5 Å². The van der Waals surface area contributed by atoms with Crippen LogP contribution in [0.5, 0.6) is 17.2 Å². The smallest absolute Gasteiger partial charge is 0.246 e. The lowest BCUT2D eigenvalue weighted by atomic mass is 9.85. The van der Waals surface area contributed by atoms with E-state index in [1.54, 1.807) is 42.7 Å². The molecule has 0 spiro atoms. The molecule has 3 unspecified atom stereocenters. The second-order valence-corrected chi connectivity index (χ2v) is 22.4. The van der Waals surface area contributed by atoms with Crippen LogP contribution in [0.1, 0.15) is 102 Å². The lowest BCUT2D eigenvalue weighted by molar-refractivity contribution is -0.144. The first-order valence-corrected chi connectivity index (χ1v) is 28.0. The quantitative estimate of drug-likeness (QED) is 0.0425. The number of halogens is 2. The summed E-state index contributed by atoms with van der Waals surface area (Å²) in [5, 5.41) is 31.1. The number of unbranched alkanes of at least 4 members (excludes halogenated alkanes) is 5. The number of fused-ring (bicyclic) bond motifs is 1. The first kappa shape index (κ1) is 58.5. The van der Waals surface area contributed by atoms with Crippen molar-refractivity contribution in [3.63, 3.8) is 0 Å². The van der Waals surface area contributed by atoms with Crippen molar-refractivity contribution in [3.8, 4) is 33.8 Å². The third-order valence-electron chi connectivity index (χ3n) is 14.1. The number of thiazole rings is 1. The number of methoxy groups -OCH3 is 2. The third kappa shape index (κ3) is 15.5. The summed E-state index contributed by atoms with van der Waals surface area (Å²) in [5.41, 5.74) is 6.02. The molecule has 77 heavy (non-hydrogen) atoms. The number of pyridine rings is 1. The largest absolute Gasteiger partial charge is 0.495 e. The van der Waals surface area contributed by atoms with Crippen LogP contribution in [0.4, 0.5) is 11.4 Å². The number of nitriles is 1. The predicted octanol–water partition coefficient (Wildman–Crippen LogP) is 9.45. The molecular weight excluding hydrogens is 1040 g/mol. The van der Waals surface area contributed by atoms with Crippen molar-refractivity contribution in [2.24, 2.45) is 5.41 Å². The predicted molar refractivity (Wildman–Crippen MR) is 301 cm³/mol. The lowest BCUT2D eigenvalue weighted by Gasteiger charge is -2.35. The minimum absolute atomic E-state index is 0.0173. The highest BCUT2D eigenvalue weighted by Crippen LogP contribution is 2.41. The zero-order valence-electron chi connectivity index (χ0n) is 44.9. The Hall–Kier alpha value is -6.23. The summed E-state index contributed by atoms with van der Waals surface area (Å²) >= 11 is 14.3. The van der Waals surface area contributed by atoms with Gasteiger partial charge in [-0.25, -0.2) is 4.98 Å². The van der Waals surface area contributed by atoms with Crippen molar-refractivity contribution in [2.75, 3.05) is 65.4 Å². The van der Waals surface area contributed by atoms with Crippen molar-refractivity contribution in [3.05, 3.63) is 87.1 Å². The average Bonchev–Trinajstić information content (AvgIpc) is 4.04. The van der Waals surface area contributed by atoms with Gasteiger partial charge in [-0.3, -0.25) is 29.1 Å². The number of β-amino-alcohol motifs (C(OH)–C–C–N with tert-alkyl or cyclic N) is 1. The SMILES string of the molecule is COc1cc(Nc2c(C#N)cnc3cc(OCCCN4CCN(C(=O)CCCCCCCCC(=O)NC(C(=O)N5CC(O)CC5C(=O)NCc5ccc(-c6scnc6C)cc5)C(C)(C)C)CC4)c(OC)cc23)c(Cl)cc1Cl. The molecule has 3 atom stereocenters. The number of rotatable bonds is 24. The van der Waals surface area contributed by atoms with Crippen LogP contribution >= 0.6 is 34.5 Å². The van der Waals surface area contributed by atoms with Gasteiger partial charge in [0.15, 0.2) is 11.5 Å². The van der Waals surface area contributed by atoms with Gasteiger partial charge in [0.2, 0.25) is 23.6 Å². The second-order valence-electron chi connectivity index (χ2n) is 20.8. The topological polar surface area (TPSA) is 212 Å². The molecule has 7 rings (SSSR count). The monoisotopic (exact) mass is 1110 g/mol. The number of aliphatic hydroxyl groups excluding tert-OH is 1. The van der Waals surface area contributed by atoms with E-state index in [2.05, 4.69) is 36.9 Å². The van der Waals surface area contributed by atoms with Gasteiger partial charge in [-0.2, -0.15) is 5.26 Å². The number of aromatic nitrogens is 2. The maximum atomic E-state index is 14.1. The number of aryl methyl sites for hydroxylation is 1. The van der Waals surface area contributed by atoms with E-state index in [1.807, 2.05) is 62.4 Å². The Bertz CT molecular complexity index is 2900. The van der Waals surface area contributed by atoms with Crippen LogP contribution < -0.4 is 30.2 Å². The fourth-order valence-corrected chi connectivity index (χ4v) is 11.1. The fraction of sp³-hybridized carbons (Fsp3) is 0.491. The zero-order valence-corrected chi connectivity index (χ0v) is 47.2. The molecule has 2 aromatic heterocycles. The average molecular weight is 1110 g/mol. The molecule has 4 amide bonds. The summed E-state index contributed by atoms with van der Waals surface area (Å²) < 4.78 is 17.3. The molecule has 0 bridgehead atoms. The Balaban J connectivity index is 0.762. The summed E-state index contributed by atoms with van der Waals surface area (Å²) in [6.45, 7) is 12.1. The van der Waals surface area contributed by atoms with Crippen LogP contribution in [0.3, 0.4) is 0 Å². The molecule has 4 heterocycles. The number of piperazine rings is 1. The normalized spacial score (nSPS) is 16.2. The minimum atomic E-state index is -0.874. The maximum Gasteiger partial charge on any atom is 0.246 e. The first-order valence-electron chi connectivity index (χ1n) is 26.4. The summed E-state index contributed by atoms with van der Waals surface area (Å²) in [6.07, 6.45) is 7.48. The Morgan fingerprint density at radius 1 is 0.883 bits per heavy atom. The number of nitrogens with zero attached hydrogens (tertiary/aromatic N) is 6. The molecule has 3 aromatic carbocycles. The van der Waals surface area contributed by atoms with E-state index in [1.165, 1.54) is 18.2 Å². The number of nitrogens with one attached hydrogen (secondary N) is 3. The van der Waals surface area contributed by atoms with Crippen molar-refractivity contribution in [1.29, 1.82) is 5.26 Å². The standard InChI is InChI=1S/C57H71Cl2N9O8S/c1-36-53(77-35-63-36)38-18-16-37(17-19-38)32-62-55(72)46-26-40(69)34-68(46)56(73)54(57(2,3)4)65-50(70)14-11-9-7-8-10-12-15-51(71)67-23-21-66(22-24-67)20-13-25-76-49-29-44-41(27-48(49)75-6)52(39(31-60)33-61-44)64-45-30-47(74-5)43(59)28-42(45)58/h16-19,27-30,33,35,40,46,54,69H,7-15,20-26,32,34H2,1-6H3,(H,61,64)(H,62,72)(H,65,70). The highest BCUT2D eigenvalue weighted by molar-refractivity contribution is 7.13. The zero-order chi connectivity index (χ0) is 55.2. The fourth-order valence-electron chi connectivity index (χ4n) is 9.74. The van der Waals surface area contributed by atoms with Gasteiger partial charge in [0.1, 0.15) is 23.9 Å². The molecule has 0 saturated carbocycles. The molecule has 2 saturated heterocycles. The van der Waals surface area contributed by atoms with Crippen LogP contribution in [0, 0.1) is 23.7 Å². The van der Waals surface area contributed by atoms with Crippen molar-refractivity contribution in [1.82, 2.24) is 35.3 Å². The van der Waals surface area contributed by atoms with E-state index in [4.69, 9.17) is 37.4 Å². The molecule has 2 aliphatic rings. The van der Waals surface area contributed by atoms with E-state index in [0.29, 0.717) is 87.7 Å². The van der Waals surface area contributed by atoms with Gasteiger partial charge in [-0.05, 0) is 54.9 Å². The molecule has 0 radical (unpaired) electrons. The number of benzene rings is 3. The molecule has 20 heteroatoms. The summed E-state index contributed by atoms with van der Waals surface area (Å²) in [4.78, 5) is 69.5. The number of carbonyl (C=O) groups excluding carboxylic acids is 4. The molecule has 412 valence electrons. The molecule has 4 N–H and O–H groups in total. The van der Waals surface area contributed by atoms with E-state index >= 15 is 0 Å². The van der Waals surface area contributed by atoms with Crippen LogP contribution in [0.2, 0.25) is 10.0 Å².